The van der Waals surface area contributed by atoms with Gasteiger partial charge in [-0.3, -0.25) is 0 Å². The highest BCUT2D eigenvalue weighted by Gasteiger charge is 2.57. The molecule has 0 bridgehead atoms. The van der Waals surface area contributed by atoms with Crippen LogP contribution in [0.2, 0.25) is 5.02 Å². The van der Waals surface area contributed by atoms with Crippen LogP contribution in [0.3, 0.4) is 0 Å². The number of hydrogen-bond acceptors (Lipinski definition) is 3. The Morgan fingerprint density at radius 3 is 2.76 bits per heavy atom. The lowest BCUT2D eigenvalue weighted by molar-refractivity contribution is 0.258. The van der Waals surface area contributed by atoms with E-state index in [-0.39, 0.29) is 5.75 Å². The highest BCUT2D eigenvalue weighted by Crippen LogP contribution is 2.65. The number of hydrogen-bond donors (Lipinski definition) is 1. The second-order valence-electron chi connectivity index (χ2n) is 6.14. The molecule has 0 aromatic heterocycles. The standard InChI is InChI=1S/C15H17ClN2O2S/c16-14-3-2-11(12(6-14)8-17)10-21(19,20)18-9-13-7-15(13)4-1-5-15/h2-3,6,13,18H,1,4-5,7,9-10H2. The van der Waals surface area contributed by atoms with E-state index in [0.717, 1.165) is 6.42 Å². The van der Waals surface area contributed by atoms with Crippen LogP contribution in [0.1, 0.15) is 36.8 Å². The Hall–Kier alpha value is -1.09. The fourth-order valence-corrected chi connectivity index (χ4v) is 4.62. The van der Waals surface area contributed by atoms with Gasteiger partial charge >= 0.3 is 0 Å². The monoisotopic (exact) mass is 324 g/mol. The van der Waals surface area contributed by atoms with Crippen molar-refractivity contribution in [2.24, 2.45) is 11.3 Å². The van der Waals surface area contributed by atoms with Crippen LogP contribution >= 0.6 is 11.6 Å². The molecule has 1 aromatic carbocycles. The number of halogens is 1. The average molecular weight is 325 g/mol. The molecule has 0 aliphatic heterocycles. The van der Waals surface area contributed by atoms with E-state index in [1.165, 1.54) is 25.3 Å². The van der Waals surface area contributed by atoms with Gasteiger partial charge in [0.05, 0.1) is 17.4 Å². The molecule has 0 heterocycles. The molecule has 1 aromatic rings. The van der Waals surface area contributed by atoms with Gasteiger partial charge < -0.3 is 0 Å². The van der Waals surface area contributed by atoms with Gasteiger partial charge in [-0.05, 0) is 48.3 Å². The van der Waals surface area contributed by atoms with Gasteiger partial charge in [0.2, 0.25) is 10.0 Å². The molecule has 2 saturated carbocycles. The molecule has 4 nitrogen and oxygen atoms in total. The number of rotatable bonds is 5. The summed E-state index contributed by atoms with van der Waals surface area (Å²) in [5.74, 6) is 0.328. The highest BCUT2D eigenvalue weighted by atomic mass is 35.5. The first-order chi connectivity index (χ1) is 9.94. The third kappa shape index (κ3) is 3.08. The van der Waals surface area contributed by atoms with Crippen LogP contribution in [-0.2, 0) is 15.8 Å². The Balaban J connectivity index is 1.62. The van der Waals surface area contributed by atoms with E-state index >= 15 is 0 Å². The van der Waals surface area contributed by atoms with Crippen molar-refractivity contribution in [2.75, 3.05) is 6.54 Å². The zero-order chi connectivity index (χ0) is 15.1. The summed E-state index contributed by atoms with van der Waals surface area (Å²) in [7, 11) is -3.41. The third-order valence-corrected chi connectivity index (χ3v) is 6.33. The zero-order valence-electron chi connectivity index (χ0n) is 11.6. The summed E-state index contributed by atoms with van der Waals surface area (Å²) in [6.07, 6.45) is 4.92. The van der Waals surface area contributed by atoms with Gasteiger partial charge in [-0.2, -0.15) is 5.26 Å². The zero-order valence-corrected chi connectivity index (χ0v) is 13.2. The van der Waals surface area contributed by atoms with E-state index in [9.17, 15) is 8.42 Å². The van der Waals surface area contributed by atoms with E-state index in [1.807, 2.05) is 6.07 Å². The molecule has 1 atom stereocenters. The smallest absolute Gasteiger partial charge is 0.215 e. The number of nitrogens with zero attached hydrogens (tertiary/aromatic N) is 1. The third-order valence-electron chi connectivity index (χ3n) is 4.80. The fourth-order valence-electron chi connectivity index (χ4n) is 3.23. The lowest BCUT2D eigenvalue weighted by Gasteiger charge is -2.26. The van der Waals surface area contributed by atoms with Crippen molar-refractivity contribution in [3.8, 4) is 6.07 Å². The van der Waals surface area contributed by atoms with E-state index in [0.29, 0.717) is 34.0 Å². The molecule has 0 saturated heterocycles. The van der Waals surface area contributed by atoms with Crippen LogP contribution in [0.15, 0.2) is 18.2 Å². The van der Waals surface area contributed by atoms with Gasteiger partial charge in [-0.15, -0.1) is 0 Å². The maximum atomic E-state index is 12.1. The lowest BCUT2D eigenvalue weighted by Crippen LogP contribution is -2.29. The van der Waals surface area contributed by atoms with Crippen LogP contribution in [0.5, 0.6) is 0 Å². The molecule has 112 valence electrons. The summed E-state index contributed by atoms with van der Waals surface area (Å²) >= 11 is 5.82. The summed E-state index contributed by atoms with van der Waals surface area (Å²) in [6, 6.07) is 6.70. The number of sulfonamides is 1. The number of nitrogens with one attached hydrogen (secondary N) is 1. The fraction of sp³-hybridized carbons (Fsp3) is 0.533. The molecule has 1 N–H and O–H groups in total. The van der Waals surface area contributed by atoms with Gasteiger partial charge in [-0.1, -0.05) is 24.1 Å². The van der Waals surface area contributed by atoms with Crippen molar-refractivity contribution < 1.29 is 8.42 Å². The first kappa shape index (κ1) is 14.8. The number of benzene rings is 1. The first-order valence-corrected chi connectivity index (χ1v) is 9.13. The van der Waals surface area contributed by atoms with Crippen molar-refractivity contribution in [2.45, 2.75) is 31.4 Å². The van der Waals surface area contributed by atoms with Crippen LogP contribution in [0, 0.1) is 22.7 Å². The predicted octanol–water partition coefficient (Wildman–Crippen LogP) is 2.82. The van der Waals surface area contributed by atoms with E-state index in [4.69, 9.17) is 16.9 Å². The SMILES string of the molecule is N#Cc1cc(Cl)ccc1CS(=O)(=O)NCC1CC12CCC2. The summed E-state index contributed by atoms with van der Waals surface area (Å²) < 4.78 is 27.0. The lowest BCUT2D eigenvalue weighted by atomic mass is 9.80. The molecule has 0 radical (unpaired) electrons. The molecule has 1 unspecified atom stereocenters. The summed E-state index contributed by atoms with van der Waals surface area (Å²) in [5.41, 5.74) is 1.26. The van der Waals surface area contributed by atoms with Gasteiger partial charge in [-0.25, -0.2) is 13.1 Å². The summed E-state index contributed by atoms with van der Waals surface area (Å²) in [5, 5.41) is 9.49. The minimum absolute atomic E-state index is 0.174. The topological polar surface area (TPSA) is 70.0 Å². The van der Waals surface area contributed by atoms with E-state index < -0.39 is 10.0 Å². The van der Waals surface area contributed by atoms with Crippen LogP contribution in [0.25, 0.3) is 0 Å². The summed E-state index contributed by atoms with van der Waals surface area (Å²) in [4.78, 5) is 0. The minimum atomic E-state index is -3.41. The molecule has 6 heteroatoms. The second kappa shape index (κ2) is 5.28. The molecular formula is C15H17ClN2O2S. The maximum absolute atomic E-state index is 12.1. The Bertz CT molecular complexity index is 705. The maximum Gasteiger partial charge on any atom is 0.215 e. The second-order valence-corrected chi connectivity index (χ2v) is 8.38. The first-order valence-electron chi connectivity index (χ1n) is 7.10. The van der Waals surface area contributed by atoms with Crippen molar-refractivity contribution in [3.05, 3.63) is 34.3 Å². The molecule has 21 heavy (non-hydrogen) atoms. The normalized spacial score (nSPS) is 22.6. The molecule has 0 amide bonds. The molecular weight excluding hydrogens is 308 g/mol. The van der Waals surface area contributed by atoms with Crippen molar-refractivity contribution in [3.63, 3.8) is 0 Å². The van der Waals surface area contributed by atoms with Crippen molar-refractivity contribution in [1.82, 2.24) is 4.72 Å². The molecule has 2 fully saturated rings. The Labute approximate surface area is 130 Å². The predicted molar refractivity (Wildman–Crippen MR) is 81.2 cm³/mol. The Morgan fingerprint density at radius 1 is 1.43 bits per heavy atom. The summed E-state index contributed by atoms with van der Waals surface area (Å²) in [6.45, 7) is 0.526. The van der Waals surface area contributed by atoms with E-state index in [1.54, 1.807) is 12.1 Å². The molecule has 2 aliphatic rings. The van der Waals surface area contributed by atoms with Crippen LogP contribution < -0.4 is 4.72 Å². The van der Waals surface area contributed by atoms with Crippen molar-refractivity contribution >= 4 is 21.6 Å². The van der Waals surface area contributed by atoms with Gasteiger partial charge in [0, 0.05) is 11.6 Å². The van der Waals surface area contributed by atoms with Crippen molar-refractivity contribution in [1.29, 1.82) is 5.26 Å². The minimum Gasteiger partial charge on any atom is -0.215 e. The average Bonchev–Trinajstić information content (AvgIpc) is 3.13. The Kier molecular flexibility index (Phi) is 3.73. The van der Waals surface area contributed by atoms with Crippen LogP contribution in [0.4, 0.5) is 0 Å². The van der Waals surface area contributed by atoms with Crippen LogP contribution in [-0.4, -0.2) is 15.0 Å². The number of nitriles is 1. The molecule has 2 aliphatic carbocycles. The van der Waals surface area contributed by atoms with Gasteiger partial charge in [0.25, 0.3) is 0 Å². The quantitative estimate of drug-likeness (QED) is 0.905. The molecule has 1 spiro atoms. The molecule has 3 rings (SSSR count). The largest absolute Gasteiger partial charge is 0.215 e. The van der Waals surface area contributed by atoms with Gasteiger partial charge in [0.1, 0.15) is 0 Å². The van der Waals surface area contributed by atoms with E-state index in [2.05, 4.69) is 4.72 Å². The van der Waals surface area contributed by atoms with Gasteiger partial charge in [0.15, 0.2) is 0 Å². The Morgan fingerprint density at radius 2 is 2.19 bits per heavy atom. The highest BCUT2D eigenvalue weighted by molar-refractivity contribution is 7.88.